The van der Waals surface area contributed by atoms with Crippen molar-refractivity contribution in [1.82, 2.24) is 15.5 Å². The number of nitrogens with zero attached hydrogens (tertiary/aromatic N) is 1. The summed E-state index contributed by atoms with van der Waals surface area (Å²) in [5.41, 5.74) is 1.91. The van der Waals surface area contributed by atoms with E-state index in [0.29, 0.717) is 5.56 Å². The molecule has 5 heteroatoms. The maximum atomic E-state index is 11.4. The lowest BCUT2D eigenvalue weighted by atomic mass is 10.1. The van der Waals surface area contributed by atoms with Gasteiger partial charge in [0.2, 0.25) is 0 Å². The molecule has 0 spiro atoms. The van der Waals surface area contributed by atoms with Gasteiger partial charge in [0.05, 0.1) is 13.2 Å². The van der Waals surface area contributed by atoms with Crippen molar-refractivity contribution < 1.29 is 9.53 Å². The fourth-order valence-corrected chi connectivity index (χ4v) is 2.40. The second kappa shape index (κ2) is 8.77. The zero-order chi connectivity index (χ0) is 14.9. The van der Waals surface area contributed by atoms with E-state index in [2.05, 4.69) is 15.5 Å². The summed E-state index contributed by atoms with van der Waals surface area (Å²) in [5, 5.41) is 6.07. The van der Waals surface area contributed by atoms with Crippen molar-refractivity contribution in [3.8, 4) is 0 Å². The first-order chi connectivity index (χ1) is 10.3. The highest BCUT2D eigenvalue weighted by atomic mass is 16.5. The summed E-state index contributed by atoms with van der Waals surface area (Å²) in [6.07, 6.45) is 1.15. The molecule has 0 bridgehead atoms. The Morgan fingerprint density at radius 2 is 1.95 bits per heavy atom. The Balaban J connectivity index is 1.61. The molecule has 1 saturated heterocycles. The van der Waals surface area contributed by atoms with Crippen LogP contribution in [0.15, 0.2) is 24.3 Å². The molecule has 21 heavy (non-hydrogen) atoms. The Morgan fingerprint density at radius 1 is 1.24 bits per heavy atom. The summed E-state index contributed by atoms with van der Waals surface area (Å²) >= 11 is 0. The van der Waals surface area contributed by atoms with Crippen LogP contribution in [0.1, 0.15) is 22.3 Å². The van der Waals surface area contributed by atoms with Gasteiger partial charge in [0.25, 0.3) is 5.91 Å². The van der Waals surface area contributed by atoms with Crippen molar-refractivity contribution in [2.24, 2.45) is 0 Å². The molecule has 5 nitrogen and oxygen atoms in total. The molecule has 1 heterocycles. The van der Waals surface area contributed by atoms with Crippen molar-refractivity contribution in [3.63, 3.8) is 0 Å². The van der Waals surface area contributed by atoms with Gasteiger partial charge in [-0.05, 0) is 37.2 Å². The van der Waals surface area contributed by atoms with Gasteiger partial charge in [-0.1, -0.05) is 12.1 Å². The predicted molar refractivity (Wildman–Crippen MR) is 83.4 cm³/mol. The Kier molecular flexibility index (Phi) is 6.66. The number of carbonyl (C=O) groups is 1. The molecule has 0 radical (unpaired) electrons. The van der Waals surface area contributed by atoms with Gasteiger partial charge in [0.15, 0.2) is 0 Å². The molecular weight excluding hydrogens is 266 g/mol. The van der Waals surface area contributed by atoms with Gasteiger partial charge in [-0.3, -0.25) is 9.69 Å². The van der Waals surface area contributed by atoms with Crippen LogP contribution in [-0.2, 0) is 11.3 Å². The van der Waals surface area contributed by atoms with Crippen LogP contribution >= 0.6 is 0 Å². The minimum Gasteiger partial charge on any atom is -0.379 e. The average molecular weight is 291 g/mol. The zero-order valence-corrected chi connectivity index (χ0v) is 12.7. The van der Waals surface area contributed by atoms with Crippen LogP contribution in [0.2, 0.25) is 0 Å². The fraction of sp³-hybridized carbons (Fsp3) is 0.562. The van der Waals surface area contributed by atoms with Crippen molar-refractivity contribution in [1.29, 1.82) is 0 Å². The normalized spacial score (nSPS) is 15.9. The number of nitrogens with one attached hydrogen (secondary N) is 2. The predicted octanol–water partition coefficient (Wildman–Crippen LogP) is 0.858. The number of carbonyl (C=O) groups excluding carboxylic acids is 1. The van der Waals surface area contributed by atoms with E-state index in [1.807, 2.05) is 24.3 Å². The van der Waals surface area contributed by atoms with Gasteiger partial charge in [0, 0.05) is 32.2 Å². The van der Waals surface area contributed by atoms with Crippen LogP contribution in [0.5, 0.6) is 0 Å². The molecule has 1 aliphatic heterocycles. The zero-order valence-electron chi connectivity index (χ0n) is 12.7. The van der Waals surface area contributed by atoms with E-state index in [1.54, 1.807) is 7.05 Å². The lowest BCUT2D eigenvalue weighted by Crippen LogP contribution is -2.37. The van der Waals surface area contributed by atoms with E-state index in [1.165, 1.54) is 5.56 Å². The SMILES string of the molecule is CNC(=O)c1ccc(CNCCCN2CCOCC2)cc1. The van der Waals surface area contributed by atoms with Gasteiger partial charge >= 0.3 is 0 Å². The Hall–Kier alpha value is -1.43. The van der Waals surface area contributed by atoms with Crippen LogP contribution < -0.4 is 10.6 Å². The molecule has 1 fully saturated rings. The van der Waals surface area contributed by atoms with Crippen molar-refractivity contribution >= 4 is 5.91 Å². The van der Waals surface area contributed by atoms with Crippen molar-refractivity contribution in [2.45, 2.75) is 13.0 Å². The van der Waals surface area contributed by atoms with Crippen LogP contribution in [-0.4, -0.2) is 57.2 Å². The highest BCUT2D eigenvalue weighted by Crippen LogP contribution is 2.04. The standard InChI is InChI=1S/C16H25N3O2/c1-17-16(20)15-5-3-14(4-6-15)13-18-7-2-8-19-9-11-21-12-10-19/h3-6,18H,2,7-13H2,1H3,(H,17,20). The van der Waals surface area contributed by atoms with Gasteiger partial charge in [-0.25, -0.2) is 0 Å². The topological polar surface area (TPSA) is 53.6 Å². The lowest BCUT2D eigenvalue weighted by Gasteiger charge is -2.26. The van der Waals surface area contributed by atoms with E-state index in [4.69, 9.17) is 4.74 Å². The maximum Gasteiger partial charge on any atom is 0.251 e. The van der Waals surface area contributed by atoms with Gasteiger partial charge < -0.3 is 15.4 Å². The Labute approximate surface area is 126 Å². The van der Waals surface area contributed by atoms with E-state index in [0.717, 1.165) is 52.4 Å². The number of morpholine rings is 1. The Morgan fingerprint density at radius 3 is 2.62 bits per heavy atom. The molecule has 1 amide bonds. The van der Waals surface area contributed by atoms with E-state index in [9.17, 15) is 4.79 Å². The summed E-state index contributed by atoms with van der Waals surface area (Å²) < 4.78 is 5.33. The second-order valence-corrected chi connectivity index (χ2v) is 5.26. The largest absolute Gasteiger partial charge is 0.379 e. The Bertz CT molecular complexity index is 428. The van der Waals surface area contributed by atoms with Gasteiger partial charge in [-0.15, -0.1) is 0 Å². The van der Waals surface area contributed by atoms with Gasteiger partial charge in [0.1, 0.15) is 0 Å². The van der Waals surface area contributed by atoms with Crippen LogP contribution in [0.4, 0.5) is 0 Å². The second-order valence-electron chi connectivity index (χ2n) is 5.26. The number of rotatable bonds is 7. The lowest BCUT2D eigenvalue weighted by molar-refractivity contribution is 0.0374. The molecule has 1 aromatic carbocycles. The minimum atomic E-state index is -0.0416. The van der Waals surface area contributed by atoms with E-state index in [-0.39, 0.29) is 5.91 Å². The molecule has 2 rings (SSSR count). The first kappa shape index (κ1) is 15.9. The molecular formula is C16H25N3O2. The summed E-state index contributed by atoms with van der Waals surface area (Å²) in [7, 11) is 1.65. The van der Waals surface area contributed by atoms with Gasteiger partial charge in [-0.2, -0.15) is 0 Å². The van der Waals surface area contributed by atoms with Crippen molar-refractivity contribution in [2.75, 3.05) is 46.4 Å². The number of amides is 1. The maximum absolute atomic E-state index is 11.4. The van der Waals surface area contributed by atoms with Crippen LogP contribution in [0.25, 0.3) is 0 Å². The third-order valence-electron chi connectivity index (χ3n) is 3.70. The average Bonchev–Trinajstić information content (AvgIpc) is 2.55. The number of benzene rings is 1. The number of hydrogen-bond acceptors (Lipinski definition) is 4. The van der Waals surface area contributed by atoms with E-state index >= 15 is 0 Å². The van der Waals surface area contributed by atoms with Crippen LogP contribution in [0.3, 0.4) is 0 Å². The molecule has 0 saturated carbocycles. The molecule has 1 aromatic rings. The number of ether oxygens (including phenoxy) is 1. The van der Waals surface area contributed by atoms with Crippen LogP contribution in [0, 0.1) is 0 Å². The molecule has 0 aliphatic carbocycles. The fourth-order valence-electron chi connectivity index (χ4n) is 2.40. The number of hydrogen-bond donors (Lipinski definition) is 2. The monoisotopic (exact) mass is 291 g/mol. The van der Waals surface area contributed by atoms with Crippen molar-refractivity contribution in [3.05, 3.63) is 35.4 Å². The molecule has 2 N–H and O–H groups in total. The first-order valence-corrected chi connectivity index (χ1v) is 7.61. The summed E-state index contributed by atoms with van der Waals surface area (Å²) in [5.74, 6) is -0.0416. The molecule has 0 unspecified atom stereocenters. The molecule has 0 aromatic heterocycles. The molecule has 116 valence electrons. The molecule has 0 atom stereocenters. The minimum absolute atomic E-state index is 0.0416. The molecule has 1 aliphatic rings. The van der Waals surface area contributed by atoms with E-state index < -0.39 is 0 Å². The summed E-state index contributed by atoms with van der Waals surface area (Å²) in [6, 6.07) is 7.73. The smallest absolute Gasteiger partial charge is 0.251 e. The first-order valence-electron chi connectivity index (χ1n) is 7.61. The highest BCUT2D eigenvalue weighted by molar-refractivity contribution is 5.93. The summed E-state index contributed by atoms with van der Waals surface area (Å²) in [4.78, 5) is 13.9. The quantitative estimate of drug-likeness (QED) is 0.732. The summed E-state index contributed by atoms with van der Waals surface area (Å²) in [6.45, 7) is 6.83. The third-order valence-corrected chi connectivity index (χ3v) is 3.70. The third kappa shape index (κ3) is 5.46. The highest BCUT2D eigenvalue weighted by Gasteiger charge is 2.08.